The Bertz CT molecular complexity index is 579. The maximum absolute atomic E-state index is 11.8. The van der Waals surface area contributed by atoms with Crippen LogP contribution < -0.4 is 9.47 Å². The molecule has 0 heterocycles. The molecule has 1 aromatic carbocycles. The fourth-order valence-corrected chi connectivity index (χ4v) is 1.48. The Labute approximate surface area is 122 Å². The summed E-state index contributed by atoms with van der Waals surface area (Å²) in [6, 6.07) is 5.56. The first-order chi connectivity index (χ1) is 9.90. The molecule has 112 valence electrons. The van der Waals surface area contributed by atoms with E-state index in [1.165, 1.54) is 39.3 Å². The zero-order valence-electron chi connectivity index (χ0n) is 12.0. The van der Waals surface area contributed by atoms with Crippen LogP contribution in [0.25, 0.3) is 0 Å². The Kier molecular flexibility index (Phi) is 5.55. The quantitative estimate of drug-likeness (QED) is 0.835. The third-order valence-electron chi connectivity index (χ3n) is 2.98. The lowest BCUT2D eigenvalue weighted by Crippen LogP contribution is -2.42. The van der Waals surface area contributed by atoms with Gasteiger partial charge in [-0.05, 0) is 19.1 Å². The van der Waals surface area contributed by atoms with Crippen molar-refractivity contribution in [2.24, 2.45) is 0 Å². The van der Waals surface area contributed by atoms with Crippen LogP contribution in [0.3, 0.4) is 0 Å². The molecule has 0 radical (unpaired) electrons. The van der Waals surface area contributed by atoms with Gasteiger partial charge < -0.3 is 19.5 Å². The van der Waals surface area contributed by atoms with Crippen LogP contribution in [-0.4, -0.2) is 48.7 Å². The monoisotopic (exact) mass is 292 g/mol. The average Bonchev–Trinajstić information content (AvgIpc) is 2.50. The van der Waals surface area contributed by atoms with E-state index < -0.39 is 17.9 Å². The average molecular weight is 292 g/mol. The largest absolute Gasteiger partial charge is 0.493 e. The van der Waals surface area contributed by atoms with Gasteiger partial charge in [-0.25, -0.2) is 4.79 Å². The normalized spacial score (nSPS) is 11.1. The molecule has 0 saturated heterocycles. The van der Waals surface area contributed by atoms with Crippen LogP contribution in [0, 0.1) is 11.3 Å². The van der Waals surface area contributed by atoms with Gasteiger partial charge >= 0.3 is 5.97 Å². The van der Waals surface area contributed by atoms with E-state index in [4.69, 9.17) is 19.8 Å². The fraction of sp³-hybridized carbons (Fsp3) is 0.357. The standard InChI is InChI=1S/C14H16N2O5/c1-9(14(18)19)16(2)13(17)8-21-11-5-4-10(7-15)6-12(11)20-3/h4-6,9H,8H2,1-3H3,(H,18,19). The van der Waals surface area contributed by atoms with Crippen LogP contribution >= 0.6 is 0 Å². The number of carboxylic acid groups (broad SMARTS) is 1. The summed E-state index contributed by atoms with van der Waals surface area (Å²) in [5, 5.41) is 17.6. The topological polar surface area (TPSA) is 99.9 Å². The molecule has 1 unspecified atom stereocenters. The van der Waals surface area contributed by atoms with Crippen molar-refractivity contribution >= 4 is 11.9 Å². The van der Waals surface area contributed by atoms with E-state index in [1.807, 2.05) is 6.07 Å². The molecule has 0 fully saturated rings. The number of carbonyl (C=O) groups is 2. The van der Waals surface area contributed by atoms with Crippen LogP contribution in [0.15, 0.2) is 18.2 Å². The van der Waals surface area contributed by atoms with Gasteiger partial charge in [-0.15, -0.1) is 0 Å². The number of rotatable bonds is 6. The van der Waals surface area contributed by atoms with Crippen molar-refractivity contribution in [3.63, 3.8) is 0 Å². The first-order valence-corrected chi connectivity index (χ1v) is 6.10. The van der Waals surface area contributed by atoms with Gasteiger partial charge in [0.05, 0.1) is 18.7 Å². The number of carbonyl (C=O) groups excluding carboxylic acids is 1. The number of nitrogens with zero attached hydrogens (tertiary/aromatic N) is 2. The molecule has 1 rings (SSSR count). The first-order valence-electron chi connectivity index (χ1n) is 6.10. The Morgan fingerprint density at radius 3 is 2.62 bits per heavy atom. The maximum Gasteiger partial charge on any atom is 0.326 e. The van der Waals surface area contributed by atoms with Crippen molar-refractivity contribution in [3.8, 4) is 17.6 Å². The minimum atomic E-state index is -1.10. The smallest absolute Gasteiger partial charge is 0.326 e. The van der Waals surface area contributed by atoms with Crippen molar-refractivity contribution in [3.05, 3.63) is 23.8 Å². The second-order valence-corrected chi connectivity index (χ2v) is 4.28. The van der Waals surface area contributed by atoms with Crippen LogP contribution in [0.2, 0.25) is 0 Å². The fourth-order valence-electron chi connectivity index (χ4n) is 1.48. The number of carboxylic acids is 1. The first kappa shape index (κ1) is 16.3. The minimum absolute atomic E-state index is 0.307. The molecule has 0 spiro atoms. The molecule has 0 saturated carbocycles. The van der Waals surface area contributed by atoms with E-state index in [0.29, 0.717) is 17.1 Å². The molecule has 0 aliphatic rings. The molecular formula is C14H16N2O5. The number of hydrogen-bond donors (Lipinski definition) is 1. The molecule has 1 N–H and O–H groups in total. The highest BCUT2D eigenvalue weighted by atomic mass is 16.5. The lowest BCUT2D eigenvalue weighted by atomic mass is 10.2. The van der Waals surface area contributed by atoms with Gasteiger partial charge in [-0.3, -0.25) is 4.79 Å². The van der Waals surface area contributed by atoms with E-state index >= 15 is 0 Å². The van der Waals surface area contributed by atoms with E-state index in [1.54, 1.807) is 0 Å². The molecule has 1 aromatic rings. The van der Waals surface area contributed by atoms with E-state index in [-0.39, 0.29) is 6.61 Å². The Morgan fingerprint density at radius 2 is 2.10 bits per heavy atom. The summed E-state index contributed by atoms with van der Waals surface area (Å²) in [4.78, 5) is 23.7. The predicted molar refractivity (Wildman–Crippen MR) is 73.1 cm³/mol. The second kappa shape index (κ2) is 7.14. The van der Waals surface area contributed by atoms with Gasteiger partial charge in [0.15, 0.2) is 18.1 Å². The van der Waals surface area contributed by atoms with Gasteiger partial charge in [0.2, 0.25) is 0 Å². The van der Waals surface area contributed by atoms with E-state index in [2.05, 4.69) is 0 Å². The number of nitriles is 1. The molecule has 7 nitrogen and oxygen atoms in total. The molecule has 0 aliphatic heterocycles. The lowest BCUT2D eigenvalue weighted by Gasteiger charge is -2.21. The highest BCUT2D eigenvalue weighted by Gasteiger charge is 2.22. The summed E-state index contributed by atoms with van der Waals surface area (Å²) in [5.74, 6) is -0.935. The molecule has 0 aromatic heterocycles. The SMILES string of the molecule is COc1cc(C#N)ccc1OCC(=O)N(C)C(C)C(=O)O. The van der Waals surface area contributed by atoms with Crippen molar-refractivity contribution in [1.82, 2.24) is 4.90 Å². The molecule has 1 amide bonds. The summed E-state index contributed by atoms with van der Waals surface area (Å²) in [5.41, 5.74) is 0.405. The summed E-state index contributed by atoms with van der Waals surface area (Å²) < 4.78 is 10.4. The number of benzene rings is 1. The third kappa shape index (κ3) is 4.11. The number of ether oxygens (including phenoxy) is 2. The predicted octanol–water partition coefficient (Wildman–Crippen LogP) is 0.877. The van der Waals surface area contributed by atoms with Crippen molar-refractivity contribution in [2.75, 3.05) is 20.8 Å². The zero-order valence-corrected chi connectivity index (χ0v) is 12.0. The number of amides is 1. The Hall–Kier alpha value is -2.75. The van der Waals surface area contributed by atoms with Gasteiger partial charge in [0.1, 0.15) is 6.04 Å². The minimum Gasteiger partial charge on any atom is -0.493 e. The van der Waals surface area contributed by atoms with E-state index in [0.717, 1.165) is 4.90 Å². The molecule has 7 heteroatoms. The number of aliphatic carboxylic acids is 1. The van der Waals surface area contributed by atoms with Gasteiger partial charge in [-0.1, -0.05) is 0 Å². The highest BCUT2D eigenvalue weighted by Crippen LogP contribution is 2.27. The molecule has 1 atom stereocenters. The Balaban J connectivity index is 2.73. The lowest BCUT2D eigenvalue weighted by molar-refractivity contribution is -0.148. The van der Waals surface area contributed by atoms with Crippen LogP contribution in [0.5, 0.6) is 11.5 Å². The number of likely N-dealkylation sites (N-methyl/N-ethyl adjacent to an activating group) is 1. The molecule has 0 aliphatic carbocycles. The van der Waals surface area contributed by atoms with Crippen LogP contribution in [0.1, 0.15) is 12.5 Å². The van der Waals surface area contributed by atoms with Crippen LogP contribution in [-0.2, 0) is 9.59 Å². The summed E-state index contributed by atoms with van der Waals surface area (Å²) in [6.45, 7) is 1.08. The van der Waals surface area contributed by atoms with Gasteiger partial charge in [0.25, 0.3) is 5.91 Å². The van der Waals surface area contributed by atoms with Gasteiger partial charge in [-0.2, -0.15) is 5.26 Å². The van der Waals surface area contributed by atoms with E-state index in [9.17, 15) is 9.59 Å². The molecule has 0 bridgehead atoms. The Morgan fingerprint density at radius 1 is 1.43 bits per heavy atom. The van der Waals surface area contributed by atoms with Crippen molar-refractivity contribution < 1.29 is 24.2 Å². The maximum atomic E-state index is 11.8. The second-order valence-electron chi connectivity index (χ2n) is 4.28. The summed E-state index contributed by atoms with van der Waals surface area (Å²) in [7, 11) is 2.81. The zero-order chi connectivity index (χ0) is 16.0. The third-order valence-corrected chi connectivity index (χ3v) is 2.98. The molecular weight excluding hydrogens is 276 g/mol. The van der Waals surface area contributed by atoms with Crippen LogP contribution in [0.4, 0.5) is 0 Å². The summed E-state index contributed by atoms with van der Waals surface area (Å²) >= 11 is 0. The van der Waals surface area contributed by atoms with Crippen molar-refractivity contribution in [2.45, 2.75) is 13.0 Å². The molecule has 21 heavy (non-hydrogen) atoms. The number of methoxy groups -OCH3 is 1. The number of hydrogen-bond acceptors (Lipinski definition) is 5. The van der Waals surface area contributed by atoms with Gasteiger partial charge in [0, 0.05) is 13.1 Å². The van der Waals surface area contributed by atoms with Crippen molar-refractivity contribution in [1.29, 1.82) is 5.26 Å². The highest BCUT2D eigenvalue weighted by molar-refractivity contribution is 5.84. The summed E-state index contributed by atoms with van der Waals surface area (Å²) in [6.07, 6.45) is 0.